The van der Waals surface area contributed by atoms with Gasteiger partial charge in [0.25, 0.3) is 5.56 Å². The molecule has 148 valence electrons. The van der Waals surface area contributed by atoms with Crippen LogP contribution in [0.3, 0.4) is 0 Å². The van der Waals surface area contributed by atoms with Gasteiger partial charge >= 0.3 is 0 Å². The zero-order valence-electron chi connectivity index (χ0n) is 16.6. The van der Waals surface area contributed by atoms with Gasteiger partial charge in [0, 0.05) is 32.2 Å². The lowest BCUT2D eigenvalue weighted by Gasteiger charge is -2.45. The normalized spacial score (nSPS) is 21.5. The van der Waals surface area contributed by atoms with Crippen molar-refractivity contribution in [2.24, 2.45) is 7.05 Å². The van der Waals surface area contributed by atoms with Gasteiger partial charge in [-0.15, -0.1) is 0 Å². The monoisotopic (exact) mass is 376 g/mol. The van der Waals surface area contributed by atoms with Crippen molar-refractivity contribution >= 4 is 16.9 Å². The second-order valence-corrected chi connectivity index (χ2v) is 7.93. The second kappa shape index (κ2) is 7.40. The van der Waals surface area contributed by atoms with Gasteiger partial charge in [-0.3, -0.25) is 23.7 Å². The van der Waals surface area contributed by atoms with E-state index in [9.17, 15) is 9.59 Å². The number of nitrogens with zero attached hydrogens (tertiary/aromatic N) is 5. The Hall–Kier alpha value is -2.26. The third-order valence-corrected chi connectivity index (χ3v) is 5.03. The molecule has 1 aliphatic rings. The molecule has 1 fully saturated rings. The van der Waals surface area contributed by atoms with Crippen molar-refractivity contribution < 1.29 is 9.53 Å². The lowest BCUT2D eigenvalue weighted by molar-refractivity contribution is -0.123. The highest BCUT2D eigenvalue weighted by atomic mass is 16.5. The first-order valence-electron chi connectivity index (χ1n) is 9.22. The van der Waals surface area contributed by atoms with Crippen molar-refractivity contribution in [1.29, 1.82) is 0 Å². The number of aromatic nitrogens is 4. The fraction of sp³-hybridized carbons (Fsp3) is 0.667. The molecule has 1 amide bonds. The summed E-state index contributed by atoms with van der Waals surface area (Å²) in [6, 6.07) is 0. The van der Waals surface area contributed by atoms with E-state index >= 15 is 0 Å². The van der Waals surface area contributed by atoms with Gasteiger partial charge < -0.3 is 10.1 Å². The van der Waals surface area contributed by atoms with Gasteiger partial charge in [0.05, 0.1) is 18.4 Å². The first-order chi connectivity index (χ1) is 12.7. The number of aryl methyl sites for hydroxylation is 1. The molecule has 1 N–H and O–H groups in total. The molecular formula is C18H28N6O3. The molecule has 9 nitrogen and oxygen atoms in total. The number of nitrogens with one attached hydrogen (secondary N) is 1. The zero-order valence-corrected chi connectivity index (χ0v) is 16.6. The maximum Gasteiger partial charge on any atom is 0.264 e. The van der Waals surface area contributed by atoms with Crippen LogP contribution in [0.25, 0.3) is 11.0 Å². The van der Waals surface area contributed by atoms with Crippen LogP contribution in [-0.4, -0.2) is 67.5 Å². The highest BCUT2D eigenvalue weighted by Crippen LogP contribution is 2.20. The molecule has 3 rings (SSSR count). The Bertz CT molecular complexity index is 877. The molecule has 9 heteroatoms. The van der Waals surface area contributed by atoms with Gasteiger partial charge in [0.2, 0.25) is 5.91 Å². The van der Waals surface area contributed by atoms with Crippen molar-refractivity contribution in [3.8, 4) is 0 Å². The fourth-order valence-corrected chi connectivity index (χ4v) is 3.49. The van der Waals surface area contributed by atoms with E-state index in [0.717, 1.165) is 13.1 Å². The van der Waals surface area contributed by atoms with Gasteiger partial charge in [-0.25, -0.2) is 4.98 Å². The molecule has 0 unspecified atom stereocenters. The number of hydrogen-bond acceptors (Lipinski definition) is 6. The van der Waals surface area contributed by atoms with Crippen molar-refractivity contribution in [2.45, 2.75) is 52.0 Å². The highest BCUT2D eigenvalue weighted by Gasteiger charge is 2.33. The first-order valence-corrected chi connectivity index (χ1v) is 9.22. The van der Waals surface area contributed by atoms with E-state index < -0.39 is 0 Å². The van der Waals surface area contributed by atoms with Crippen LogP contribution in [0.1, 0.15) is 27.7 Å². The Labute approximate surface area is 158 Å². The molecule has 0 aliphatic carbocycles. The van der Waals surface area contributed by atoms with Crippen LogP contribution < -0.4 is 10.9 Å². The van der Waals surface area contributed by atoms with E-state index in [2.05, 4.69) is 48.0 Å². The molecule has 0 saturated carbocycles. The third-order valence-electron chi connectivity index (χ3n) is 5.03. The first kappa shape index (κ1) is 19.5. The van der Waals surface area contributed by atoms with Gasteiger partial charge in [-0.2, -0.15) is 5.10 Å². The summed E-state index contributed by atoms with van der Waals surface area (Å²) in [5.74, 6) is -0.218. The van der Waals surface area contributed by atoms with E-state index in [0.29, 0.717) is 17.6 Å². The molecular weight excluding hydrogens is 348 g/mol. The summed E-state index contributed by atoms with van der Waals surface area (Å²) in [6.07, 6.45) is 3.20. The maximum atomic E-state index is 12.5. The Morgan fingerprint density at radius 1 is 1.33 bits per heavy atom. The van der Waals surface area contributed by atoms with Gasteiger partial charge in [0.15, 0.2) is 5.65 Å². The molecule has 1 aliphatic heterocycles. The summed E-state index contributed by atoms with van der Waals surface area (Å²) in [6.45, 7) is 10.4. The molecule has 3 heterocycles. The predicted molar refractivity (Wildman–Crippen MR) is 101 cm³/mol. The lowest BCUT2D eigenvalue weighted by atomic mass is 10.00. The second-order valence-electron chi connectivity index (χ2n) is 7.93. The Morgan fingerprint density at radius 3 is 2.67 bits per heavy atom. The van der Waals surface area contributed by atoms with Crippen LogP contribution in [0.4, 0.5) is 0 Å². The summed E-state index contributed by atoms with van der Waals surface area (Å²) in [7, 11) is 1.72. The summed E-state index contributed by atoms with van der Waals surface area (Å²) in [5, 5.41) is 7.39. The van der Waals surface area contributed by atoms with Crippen LogP contribution in [-0.2, 0) is 23.1 Å². The highest BCUT2D eigenvalue weighted by molar-refractivity contribution is 5.77. The summed E-state index contributed by atoms with van der Waals surface area (Å²) in [5.41, 5.74) is 0.0325. The van der Waals surface area contributed by atoms with Gasteiger partial charge in [-0.05, 0) is 27.7 Å². The van der Waals surface area contributed by atoms with Crippen LogP contribution in [0.2, 0.25) is 0 Å². The van der Waals surface area contributed by atoms with E-state index in [1.165, 1.54) is 21.8 Å². The number of amides is 1. The van der Waals surface area contributed by atoms with Crippen LogP contribution in [0, 0.1) is 0 Å². The van der Waals surface area contributed by atoms with Crippen molar-refractivity contribution in [1.82, 2.24) is 29.5 Å². The minimum atomic E-state index is -0.265. The largest absolute Gasteiger partial charge is 0.373 e. The topological polar surface area (TPSA) is 94.3 Å². The average molecular weight is 376 g/mol. The van der Waals surface area contributed by atoms with Crippen LogP contribution >= 0.6 is 0 Å². The minimum Gasteiger partial charge on any atom is -0.373 e. The Balaban J connectivity index is 1.62. The molecule has 0 bridgehead atoms. The number of fused-ring (bicyclic) bond motifs is 1. The molecule has 0 radical (unpaired) electrons. The number of ether oxygens (including phenoxy) is 1. The number of carbonyl (C=O) groups excluding carboxylic acids is 1. The summed E-state index contributed by atoms with van der Waals surface area (Å²) in [4.78, 5) is 31.4. The SMILES string of the molecule is C[C@@H]1CN(C(C)(C)CNC(=O)Cn2cnc3c(cnn3C)c2=O)C[C@H](C)O1. The smallest absolute Gasteiger partial charge is 0.264 e. The number of morpholine rings is 1. The van der Waals surface area contributed by atoms with Crippen molar-refractivity contribution in [3.63, 3.8) is 0 Å². The van der Waals surface area contributed by atoms with Gasteiger partial charge in [0.1, 0.15) is 18.3 Å². The molecule has 2 aromatic rings. The standard InChI is InChI=1S/C18H28N6O3/c1-12-7-24(8-13(2)27-12)18(3,4)10-19-15(25)9-23-11-20-16-14(17(23)26)6-21-22(16)5/h6,11-13H,7-10H2,1-5H3,(H,19,25)/t12-,13+. The summed E-state index contributed by atoms with van der Waals surface area (Å²) >= 11 is 0. The van der Waals surface area contributed by atoms with Crippen LogP contribution in [0.15, 0.2) is 17.3 Å². The van der Waals surface area contributed by atoms with E-state index in [1.54, 1.807) is 7.05 Å². The van der Waals surface area contributed by atoms with Crippen LogP contribution in [0.5, 0.6) is 0 Å². The molecule has 0 aromatic carbocycles. The maximum absolute atomic E-state index is 12.5. The van der Waals surface area contributed by atoms with E-state index in [4.69, 9.17) is 4.74 Å². The van der Waals surface area contributed by atoms with E-state index in [1.807, 2.05) is 0 Å². The summed E-state index contributed by atoms with van der Waals surface area (Å²) < 4.78 is 8.63. The van der Waals surface area contributed by atoms with Crippen molar-refractivity contribution in [2.75, 3.05) is 19.6 Å². The van der Waals surface area contributed by atoms with E-state index in [-0.39, 0.29) is 35.8 Å². The number of rotatable bonds is 5. The Kier molecular flexibility index (Phi) is 5.34. The third kappa shape index (κ3) is 4.19. The molecule has 0 spiro atoms. The van der Waals surface area contributed by atoms with Crippen molar-refractivity contribution in [3.05, 3.63) is 22.9 Å². The Morgan fingerprint density at radius 2 is 2.00 bits per heavy atom. The fourth-order valence-electron chi connectivity index (χ4n) is 3.49. The zero-order chi connectivity index (χ0) is 19.8. The quantitative estimate of drug-likeness (QED) is 0.797. The predicted octanol–water partition coefficient (Wildman–Crippen LogP) is 0.134. The van der Waals surface area contributed by atoms with Gasteiger partial charge in [-0.1, -0.05) is 0 Å². The average Bonchev–Trinajstić information content (AvgIpc) is 2.97. The molecule has 27 heavy (non-hydrogen) atoms. The molecule has 2 aromatic heterocycles. The molecule has 2 atom stereocenters. The lowest BCUT2D eigenvalue weighted by Crippen LogP contribution is -2.58. The number of carbonyl (C=O) groups is 1. The molecule has 1 saturated heterocycles. The minimum absolute atomic E-state index is 0.0668. The number of hydrogen-bond donors (Lipinski definition) is 1.